The number of hydrogen-bond donors (Lipinski definition) is 0. The second-order valence-corrected chi connectivity index (χ2v) is 18.5. The molecule has 0 unspecified atom stereocenters. The monoisotopic (exact) mass is 919 g/mol. The Morgan fingerprint density at radius 2 is 0.621 bits per heavy atom. The van der Waals surface area contributed by atoms with Gasteiger partial charge in [-0.2, -0.15) is 0 Å². The maximum absolute atomic E-state index is 12.6. The van der Waals surface area contributed by atoms with E-state index < -0.39 is 6.10 Å². The molecule has 5 heteroatoms. The lowest BCUT2D eigenvalue weighted by Crippen LogP contribution is -2.29. The molecule has 0 rings (SSSR count). The van der Waals surface area contributed by atoms with Crippen molar-refractivity contribution < 1.29 is 23.8 Å². The lowest BCUT2D eigenvalue weighted by atomic mass is 10.0. The van der Waals surface area contributed by atoms with Crippen molar-refractivity contribution in [1.82, 2.24) is 0 Å². The molecule has 0 saturated heterocycles. The highest BCUT2D eigenvalue weighted by atomic mass is 16.6. The van der Waals surface area contributed by atoms with Gasteiger partial charge in [0.2, 0.25) is 0 Å². The molecule has 0 aromatic carbocycles. The molecule has 0 heterocycles. The Morgan fingerprint density at radius 1 is 0.333 bits per heavy atom. The Morgan fingerprint density at radius 3 is 1.02 bits per heavy atom. The summed E-state index contributed by atoms with van der Waals surface area (Å²) in [6.07, 6.45) is 74.7. The molecule has 5 nitrogen and oxygen atoms in total. The van der Waals surface area contributed by atoms with Gasteiger partial charge in [-0.3, -0.25) is 9.59 Å². The molecule has 0 amide bonds. The summed E-state index contributed by atoms with van der Waals surface area (Å²) >= 11 is 0. The molecular weight excluding hydrogens is 813 g/mol. The normalized spacial score (nSPS) is 12.8. The second-order valence-electron chi connectivity index (χ2n) is 18.5. The molecule has 0 aromatic heterocycles. The van der Waals surface area contributed by atoms with E-state index in [0.717, 1.165) is 103 Å². The summed E-state index contributed by atoms with van der Waals surface area (Å²) < 4.78 is 17.5. The van der Waals surface area contributed by atoms with Gasteiger partial charge in [-0.05, 0) is 96.3 Å². The van der Waals surface area contributed by atoms with Crippen molar-refractivity contribution in [3.8, 4) is 0 Å². The van der Waals surface area contributed by atoms with Crippen LogP contribution >= 0.6 is 0 Å². The molecule has 0 fully saturated rings. The van der Waals surface area contributed by atoms with Crippen LogP contribution in [-0.4, -0.2) is 37.9 Å². The number of esters is 2. The highest BCUT2D eigenvalue weighted by Crippen LogP contribution is 2.15. The van der Waals surface area contributed by atoms with Crippen molar-refractivity contribution >= 4 is 11.9 Å². The summed E-state index contributed by atoms with van der Waals surface area (Å²) in [5.74, 6) is -0.382. The van der Waals surface area contributed by atoms with E-state index in [-0.39, 0.29) is 25.2 Å². The topological polar surface area (TPSA) is 61.8 Å². The average molecular weight is 920 g/mol. The fourth-order valence-electron chi connectivity index (χ4n) is 7.72. The number of unbranched alkanes of at least 4 members (excludes halogenated alkanes) is 26. The van der Waals surface area contributed by atoms with Crippen LogP contribution in [0.15, 0.2) is 85.1 Å². The Hall–Kier alpha value is -2.92. The zero-order valence-corrected chi connectivity index (χ0v) is 43.7. The summed E-state index contributed by atoms with van der Waals surface area (Å²) in [4.78, 5) is 25.3. The van der Waals surface area contributed by atoms with E-state index in [1.165, 1.54) is 128 Å². The van der Waals surface area contributed by atoms with Gasteiger partial charge >= 0.3 is 11.9 Å². The average Bonchev–Trinajstić information content (AvgIpc) is 3.32. The van der Waals surface area contributed by atoms with Crippen LogP contribution in [0.25, 0.3) is 0 Å². The first-order chi connectivity index (χ1) is 32.6. The summed E-state index contributed by atoms with van der Waals surface area (Å²) in [5, 5.41) is 0. The number of allylic oxidation sites excluding steroid dienone is 14. The van der Waals surface area contributed by atoms with Crippen LogP contribution in [0, 0.1) is 0 Å². The van der Waals surface area contributed by atoms with Gasteiger partial charge in [0.1, 0.15) is 19.3 Å². The molecular formula is C61H106O5. The lowest BCUT2D eigenvalue weighted by Gasteiger charge is -2.18. The molecule has 0 aliphatic heterocycles. The van der Waals surface area contributed by atoms with Crippen LogP contribution < -0.4 is 0 Å². The number of ether oxygens (including phenoxy) is 3. The van der Waals surface area contributed by atoms with Crippen molar-refractivity contribution in [2.24, 2.45) is 0 Å². The van der Waals surface area contributed by atoms with Crippen molar-refractivity contribution in [2.75, 3.05) is 19.8 Å². The molecule has 1 atom stereocenters. The van der Waals surface area contributed by atoms with Crippen molar-refractivity contribution in [3.63, 3.8) is 0 Å². The first-order valence-corrected chi connectivity index (χ1v) is 28.1. The van der Waals surface area contributed by atoms with Crippen LogP contribution in [0.4, 0.5) is 0 Å². The molecule has 0 N–H and O–H groups in total. The second kappa shape index (κ2) is 56.4. The summed E-state index contributed by atoms with van der Waals surface area (Å²) in [5.41, 5.74) is 0. The van der Waals surface area contributed by atoms with Crippen LogP contribution in [0.3, 0.4) is 0 Å². The maximum Gasteiger partial charge on any atom is 0.305 e. The number of carbonyl (C=O) groups excluding carboxylic acids is 2. The Balaban J connectivity index is 4.34. The smallest absolute Gasteiger partial charge is 0.305 e. The molecule has 0 radical (unpaired) electrons. The van der Waals surface area contributed by atoms with Gasteiger partial charge in [0.25, 0.3) is 0 Å². The fraction of sp³-hybridized carbons (Fsp3) is 0.738. The Labute approximate surface area is 409 Å². The Bertz CT molecular complexity index is 1220. The van der Waals surface area contributed by atoms with E-state index in [2.05, 4.69) is 106 Å². The minimum Gasteiger partial charge on any atom is -0.463 e. The summed E-state index contributed by atoms with van der Waals surface area (Å²) in [6.45, 7) is 7.56. The van der Waals surface area contributed by atoms with E-state index in [9.17, 15) is 9.59 Å². The van der Waals surface area contributed by atoms with E-state index in [0.29, 0.717) is 19.4 Å². The number of carbonyl (C=O) groups is 2. The van der Waals surface area contributed by atoms with E-state index in [4.69, 9.17) is 14.2 Å². The fourth-order valence-corrected chi connectivity index (χ4v) is 7.72. The van der Waals surface area contributed by atoms with Gasteiger partial charge in [0.15, 0.2) is 0 Å². The molecule has 0 saturated carbocycles. The molecule has 0 aliphatic carbocycles. The molecule has 0 aliphatic rings. The van der Waals surface area contributed by atoms with Gasteiger partial charge in [-0.1, -0.05) is 241 Å². The van der Waals surface area contributed by atoms with Crippen molar-refractivity contribution in [2.45, 2.75) is 271 Å². The van der Waals surface area contributed by atoms with E-state index in [1.807, 2.05) is 0 Å². The van der Waals surface area contributed by atoms with Gasteiger partial charge < -0.3 is 14.2 Å². The number of hydrogen-bond acceptors (Lipinski definition) is 5. The first-order valence-electron chi connectivity index (χ1n) is 28.1. The zero-order chi connectivity index (χ0) is 47.7. The molecule has 0 aromatic rings. The van der Waals surface area contributed by atoms with E-state index in [1.54, 1.807) is 0 Å². The third kappa shape index (κ3) is 53.7. The highest BCUT2D eigenvalue weighted by molar-refractivity contribution is 5.69. The molecule has 0 bridgehead atoms. The third-order valence-corrected chi connectivity index (χ3v) is 12.0. The Kier molecular flexibility index (Phi) is 53.9. The predicted molar refractivity (Wildman–Crippen MR) is 288 cm³/mol. The van der Waals surface area contributed by atoms with Crippen LogP contribution in [0.5, 0.6) is 0 Å². The van der Waals surface area contributed by atoms with Crippen molar-refractivity contribution in [3.05, 3.63) is 85.1 Å². The first kappa shape index (κ1) is 63.1. The SMILES string of the molecule is CC/C=C\C/C=C\C/C=C\C/C=C\C/C=C\CCCCCC(=O)OC[C@H](COC(=O)CCCCCCC/C=C\C/C=C\CCCCC)OCCCCCCCCCCCCCCCCCC. The van der Waals surface area contributed by atoms with Gasteiger partial charge in [-0.25, -0.2) is 0 Å². The molecule has 380 valence electrons. The molecule has 66 heavy (non-hydrogen) atoms. The van der Waals surface area contributed by atoms with Gasteiger partial charge in [0, 0.05) is 19.4 Å². The van der Waals surface area contributed by atoms with Crippen LogP contribution in [-0.2, 0) is 23.8 Å². The minimum atomic E-state index is -0.422. The lowest BCUT2D eigenvalue weighted by molar-refractivity contribution is -0.155. The van der Waals surface area contributed by atoms with E-state index >= 15 is 0 Å². The van der Waals surface area contributed by atoms with Crippen molar-refractivity contribution in [1.29, 1.82) is 0 Å². The maximum atomic E-state index is 12.6. The zero-order valence-electron chi connectivity index (χ0n) is 43.7. The summed E-state index contributed by atoms with van der Waals surface area (Å²) in [6, 6.07) is 0. The van der Waals surface area contributed by atoms with Crippen LogP contribution in [0.2, 0.25) is 0 Å². The van der Waals surface area contributed by atoms with Crippen LogP contribution in [0.1, 0.15) is 265 Å². The quantitative estimate of drug-likeness (QED) is 0.0346. The molecule has 0 spiro atoms. The minimum absolute atomic E-state index is 0.134. The largest absolute Gasteiger partial charge is 0.463 e. The van der Waals surface area contributed by atoms with Gasteiger partial charge in [-0.15, -0.1) is 0 Å². The third-order valence-electron chi connectivity index (χ3n) is 12.0. The number of rotatable bonds is 51. The predicted octanol–water partition coefficient (Wildman–Crippen LogP) is 19.2. The highest BCUT2D eigenvalue weighted by Gasteiger charge is 2.16. The summed E-state index contributed by atoms with van der Waals surface area (Å²) in [7, 11) is 0. The standard InChI is InChI=1S/C61H106O5/c1-4-7-10-13-16-19-22-25-28-30-31-32-34-37-40-43-46-49-52-55-61(63)66-58-59(64-56-53-50-47-44-41-38-35-29-26-23-20-17-14-11-8-5-2)57-65-60(62)54-51-48-45-42-39-36-33-27-24-21-18-15-12-9-6-3/h7,10,16,18-19,21,25,27-28,31-33,37,40,59H,4-6,8-9,11-15,17,20,22-24,26,29-30,34-36,38-39,41-58H2,1-3H3/b10-7-,19-16-,21-18-,28-25-,32-31-,33-27-,40-37-/t59-/m0/s1. The van der Waals surface area contributed by atoms with Gasteiger partial charge in [0.05, 0.1) is 0 Å².